The van der Waals surface area contributed by atoms with Gasteiger partial charge in [-0.1, -0.05) is 49.6 Å². The molecule has 1 aliphatic heterocycles. The lowest BCUT2D eigenvalue weighted by Crippen LogP contribution is -2.42. The van der Waals surface area contributed by atoms with Crippen LogP contribution in [0, 0.1) is 0 Å². The van der Waals surface area contributed by atoms with Crippen molar-refractivity contribution in [1.29, 1.82) is 0 Å². The van der Waals surface area contributed by atoms with Gasteiger partial charge in [-0.2, -0.15) is 11.8 Å². The Kier molecular flexibility index (Phi) is 5.37. The summed E-state index contributed by atoms with van der Waals surface area (Å²) in [6.07, 6.45) is 5.90. The number of rotatable bonds is 5. The SMILES string of the molecule is O=C1C(CSCc2ccccc2)NC(=S)N1C1CCCCC1. The minimum Gasteiger partial charge on any atom is -0.350 e. The molecule has 0 aromatic heterocycles. The molecule has 1 aliphatic carbocycles. The third-order valence-corrected chi connectivity index (χ3v) is 5.81. The van der Waals surface area contributed by atoms with E-state index in [4.69, 9.17) is 12.2 Å². The molecule has 0 radical (unpaired) electrons. The number of carbonyl (C=O) groups excluding carboxylic acids is 1. The average molecular weight is 335 g/mol. The molecule has 2 fully saturated rings. The predicted octanol–water partition coefficient (Wildman–Crippen LogP) is 3.34. The Morgan fingerprint density at radius 2 is 1.91 bits per heavy atom. The minimum absolute atomic E-state index is 0.150. The van der Waals surface area contributed by atoms with Crippen LogP contribution in [0.2, 0.25) is 0 Å². The summed E-state index contributed by atoms with van der Waals surface area (Å²) in [7, 11) is 0. The molecule has 1 saturated carbocycles. The van der Waals surface area contributed by atoms with E-state index in [0.717, 1.165) is 24.3 Å². The Morgan fingerprint density at radius 3 is 2.64 bits per heavy atom. The third-order valence-electron chi connectivity index (χ3n) is 4.39. The van der Waals surface area contributed by atoms with Crippen molar-refractivity contribution < 1.29 is 4.79 Å². The van der Waals surface area contributed by atoms with Crippen molar-refractivity contribution >= 4 is 35.0 Å². The van der Waals surface area contributed by atoms with Crippen molar-refractivity contribution in [2.24, 2.45) is 0 Å². The van der Waals surface area contributed by atoms with Crippen LogP contribution in [0.25, 0.3) is 0 Å². The average Bonchev–Trinajstić information content (AvgIpc) is 2.83. The first-order valence-electron chi connectivity index (χ1n) is 8.01. The highest BCUT2D eigenvalue weighted by Crippen LogP contribution is 2.26. The Bertz CT molecular complexity index is 529. The molecule has 0 bridgehead atoms. The van der Waals surface area contributed by atoms with Gasteiger partial charge in [0, 0.05) is 17.5 Å². The van der Waals surface area contributed by atoms with E-state index >= 15 is 0 Å². The Labute approximate surface area is 141 Å². The van der Waals surface area contributed by atoms with Crippen molar-refractivity contribution in [2.45, 2.75) is 49.9 Å². The van der Waals surface area contributed by atoms with Crippen molar-refractivity contribution in [3.63, 3.8) is 0 Å². The molecule has 118 valence electrons. The van der Waals surface area contributed by atoms with Crippen LogP contribution in [0.4, 0.5) is 0 Å². The summed E-state index contributed by atoms with van der Waals surface area (Å²) in [5.41, 5.74) is 1.30. The predicted molar refractivity (Wildman–Crippen MR) is 95.8 cm³/mol. The Morgan fingerprint density at radius 1 is 1.18 bits per heavy atom. The van der Waals surface area contributed by atoms with Crippen LogP contribution < -0.4 is 5.32 Å². The van der Waals surface area contributed by atoms with Crippen molar-refractivity contribution in [3.8, 4) is 0 Å². The summed E-state index contributed by atoms with van der Waals surface area (Å²) in [5.74, 6) is 1.89. The summed E-state index contributed by atoms with van der Waals surface area (Å²) < 4.78 is 0. The first-order valence-corrected chi connectivity index (χ1v) is 9.57. The zero-order chi connectivity index (χ0) is 15.4. The fourth-order valence-electron chi connectivity index (χ4n) is 3.22. The number of benzene rings is 1. The topological polar surface area (TPSA) is 32.3 Å². The van der Waals surface area contributed by atoms with Crippen molar-refractivity contribution in [1.82, 2.24) is 10.2 Å². The molecule has 3 nitrogen and oxygen atoms in total. The molecule has 1 aromatic carbocycles. The lowest BCUT2D eigenvalue weighted by Gasteiger charge is -2.30. The molecular weight excluding hydrogens is 312 g/mol. The second-order valence-corrected chi connectivity index (χ2v) is 7.42. The number of nitrogens with zero attached hydrogens (tertiary/aromatic N) is 1. The van der Waals surface area contributed by atoms with Crippen LogP contribution in [0.15, 0.2) is 30.3 Å². The van der Waals surface area contributed by atoms with Gasteiger partial charge in [-0.3, -0.25) is 9.69 Å². The normalized spacial score (nSPS) is 22.9. The quantitative estimate of drug-likeness (QED) is 0.837. The molecule has 1 unspecified atom stereocenters. The van der Waals surface area contributed by atoms with E-state index in [1.54, 1.807) is 11.8 Å². The summed E-state index contributed by atoms with van der Waals surface area (Å²) in [6.45, 7) is 0. The molecule has 1 aromatic rings. The van der Waals surface area contributed by atoms with Crippen LogP contribution in [-0.4, -0.2) is 33.8 Å². The van der Waals surface area contributed by atoms with E-state index in [1.165, 1.54) is 24.8 Å². The molecule has 2 aliphatic rings. The van der Waals surface area contributed by atoms with Gasteiger partial charge in [-0.05, 0) is 30.6 Å². The van der Waals surface area contributed by atoms with Crippen LogP contribution in [0.3, 0.4) is 0 Å². The Balaban J connectivity index is 1.52. The van der Waals surface area contributed by atoms with E-state index in [1.807, 2.05) is 11.0 Å². The smallest absolute Gasteiger partial charge is 0.252 e. The molecular formula is C17H22N2OS2. The van der Waals surface area contributed by atoms with E-state index in [2.05, 4.69) is 29.6 Å². The minimum atomic E-state index is -0.150. The van der Waals surface area contributed by atoms with Crippen LogP contribution in [-0.2, 0) is 10.5 Å². The summed E-state index contributed by atoms with van der Waals surface area (Å²) >= 11 is 7.19. The van der Waals surface area contributed by atoms with Gasteiger partial charge in [-0.15, -0.1) is 0 Å². The number of hydrogen-bond acceptors (Lipinski definition) is 3. The number of amides is 1. The van der Waals surface area contributed by atoms with Gasteiger partial charge in [0.1, 0.15) is 6.04 Å². The highest BCUT2D eigenvalue weighted by atomic mass is 32.2. The Hall–Kier alpha value is -1.07. The number of thioether (sulfide) groups is 1. The van der Waals surface area contributed by atoms with Crippen LogP contribution in [0.5, 0.6) is 0 Å². The van der Waals surface area contributed by atoms with Gasteiger partial charge in [-0.25, -0.2) is 0 Å². The summed E-state index contributed by atoms with van der Waals surface area (Å²) in [6, 6.07) is 10.5. The number of thiocarbonyl (C=S) groups is 1. The van der Waals surface area contributed by atoms with Gasteiger partial charge in [0.15, 0.2) is 5.11 Å². The monoisotopic (exact) mass is 334 g/mol. The third kappa shape index (κ3) is 3.63. The first-order chi connectivity index (χ1) is 10.8. The molecule has 1 atom stereocenters. The zero-order valence-corrected chi connectivity index (χ0v) is 14.3. The van der Waals surface area contributed by atoms with E-state index < -0.39 is 0 Å². The fourth-order valence-corrected chi connectivity index (χ4v) is 4.60. The van der Waals surface area contributed by atoms with E-state index in [9.17, 15) is 4.79 Å². The second kappa shape index (κ2) is 7.47. The highest BCUT2D eigenvalue weighted by molar-refractivity contribution is 7.98. The maximum atomic E-state index is 12.6. The molecule has 1 N–H and O–H groups in total. The largest absolute Gasteiger partial charge is 0.350 e. The number of hydrogen-bond donors (Lipinski definition) is 1. The van der Waals surface area contributed by atoms with Gasteiger partial charge < -0.3 is 5.32 Å². The van der Waals surface area contributed by atoms with Crippen molar-refractivity contribution in [2.75, 3.05) is 5.75 Å². The van der Waals surface area contributed by atoms with Gasteiger partial charge in [0.2, 0.25) is 0 Å². The van der Waals surface area contributed by atoms with E-state index in [0.29, 0.717) is 11.2 Å². The van der Waals surface area contributed by atoms with Gasteiger partial charge in [0.05, 0.1) is 0 Å². The van der Waals surface area contributed by atoms with Gasteiger partial charge >= 0.3 is 0 Å². The highest BCUT2D eigenvalue weighted by Gasteiger charge is 2.39. The first kappa shape index (κ1) is 15.8. The molecule has 5 heteroatoms. The second-order valence-electron chi connectivity index (χ2n) is 6.00. The van der Waals surface area contributed by atoms with Crippen molar-refractivity contribution in [3.05, 3.63) is 35.9 Å². The number of carbonyl (C=O) groups is 1. The fraction of sp³-hybridized carbons (Fsp3) is 0.529. The molecule has 1 heterocycles. The van der Waals surface area contributed by atoms with Crippen LogP contribution >= 0.6 is 24.0 Å². The van der Waals surface area contributed by atoms with Gasteiger partial charge in [0.25, 0.3) is 5.91 Å². The molecule has 22 heavy (non-hydrogen) atoms. The lowest BCUT2D eigenvalue weighted by molar-refractivity contribution is -0.128. The molecule has 1 saturated heterocycles. The lowest BCUT2D eigenvalue weighted by atomic mass is 9.94. The summed E-state index contributed by atoms with van der Waals surface area (Å²) in [4.78, 5) is 14.5. The molecule has 3 rings (SSSR count). The van der Waals surface area contributed by atoms with E-state index in [-0.39, 0.29) is 11.9 Å². The summed E-state index contributed by atoms with van der Waals surface area (Å²) in [5, 5.41) is 3.87. The van der Waals surface area contributed by atoms with Crippen LogP contribution in [0.1, 0.15) is 37.7 Å². The molecule has 1 amide bonds. The standard InChI is InChI=1S/C17H22N2OS2/c20-16-15(12-22-11-13-7-3-1-4-8-13)18-17(21)19(16)14-9-5-2-6-10-14/h1,3-4,7-8,14-15H,2,5-6,9-12H2,(H,18,21). The zero-order valence-electron chi connectivity index (χ0n) is 12.7. The number of nitrogens with one attached hydrogen (secondary N) is 1. The maximum Gasteiger partial charge on any atom is 0.252 e. The molecule has 0 spiro atoms. The maximum absolute atomic E-state index is 12.6.